The third-order valence-corrected chi connectivity index (χ3v) is 9.80. The number of esters is 2. The van der Waals surface area contributed by atoms with Crippen molar-refractivity contribution in [2.75, 3.05) is 33.0 Å². The molecule has 0 fully saturated rings. The quantitative estimate of drug-likeness (QED) is 0.0440. The molecular weight excluding hydrogens is 765 g/mol. The van der Waals surface area contributed by atoms with Gasteiger partial charge < -0.3 is 34.1 Å². The molecule has 0 aliphatic heterocycles. The lowest BCUT2D eigenvalue weighted by atomic mass is 10.0. The van der Waals surface area contributed by atoms with Gasteiger partial charge in [0, 0.05) is 36.0 Å². The lowest BCUT2D eigenvalue weighted by Gasteiger charge is -2.30. The number of carbonyl (C=O) groups is 3. The second-order valence-corrected chi connectivity index (χ2v) is 15.2. The fraction of sp³-hybridized carbons (Fsp3) is 0.404. The van der Waals surface area contributed by atoms with E-state index in [2.05, 4.69) is 44.5 Å². The number of amides is 1. The summed E-state index contributed by atoms with van der Waals surface area (Å²) in [5, 5.41) is 14.1. The predicted molar refractivity (Wildman–Crippen MR) is 230 cm³/mol. The van der Waals surface area contributed by atoms with Crippen molar-refractivity contribution >= 4 is 18.0 Å². The molecule has 0 spiro atoms. The summed E-state index contributed by atoms with van der Waals surface area (Å²) in [5.74, 6) is 0.243. The van der Waals surface area contributed by atoms with Crippen molar-refractivity contribution in [2.45, 2.75) is 85.8 Å². The van der Waals surface area contributed by atoms with Crippen molar-refractivity contribution in [3.63, 3.8) is 0 Å². The molecular formula is C47H58N4O9. The van der Waals surface area contributed by atoms with Crippen molar-refractivity contribution in [1.29, 1.82) is 0 Å². The molecule has 4 rings (SSSR count). The molecule has 3 aromatic carbocycles. The number of hydrogen-bond donors (Lipinski definition) is 2. The summed E-state index contributed by atoms with van der Waals surface area (Å²) in [6, 6.07) is 16.9. The first-order chi connectivity index (χ1) is 28.7. The summed E-state index contributed by atoms with van der Waals surface area (Å²) in [4.78, 5) is 51.6. The highest BCUT2D eigenvalue weighted by atomic mass is 16.6. The topological polar surface area (TPSA) is 168 Å². The number of aromatic hydroxyl groups is 1. The van der Waals surface area contributed by atoms with E-state index < -0.39 is 29.7 Å². The van der Waals surface area contributed by atoms with Crippen LogP contribution in [0.25, 0.3) is 34.2 Å². The average Bonchev–Trinajstić information content (AvgIpc) is 3.22. The van der Waals surface area contributed by atoms with Crippen LogP contribution in [-0.2, 0) is 28.5 Å². The van der Waals surface area contributed by atoms with Crippen LogP contribution in [0.5, 0.6) is 11.5 Å². The van der Waals surface area contributed by atoms with E-state index in [1.807, 2.05) is 52.0 Å². The summed E-state index contributed by atoms with van der Waals surface area (Å²) in [6.07, 6.45) is 4.21. The van der Waals surface area contributed by atoms with Crippen molar-refractivity contribution in [3.05, 3.63) is 102 Å². The normalized spacial score (nSPS) is 12.2. The molecule has 0 aliphatic rings. The highest BCUT2D eigenvalue weighted by Crippen LogP contribution is 2.34. The first kappa shape index (κ1) is 46.6. The van der Waals surface area contributed by atoms with Crippen molar-refractivity contribution in [2.24, 2.45) is 5.92 Å². The molecule has 320 valence electrons. The summed E-state index contributed by atoms with van der Waals surface area (Å²) < 4.78 is 28.3. The Kier molecular flexibility index (Phi) is 17.3. The van der Waals surface area contributed by atoms with Gasteiger partial charge in [-0.1, -0.05) is 93.8 Å². The number of hydrogen-bond acceptors (Lipinski definition) is 12. The first-order valence-electron chi connectivity index (χ1n) is 20.2. The highest BCUT2D eigenvalue weighted by Gasteiger charge is 2.32. The molecule has 13 nitrogen and oxygen atoms in total. The van der Waals surface area contributed by atoms with E-state index in [9.17, 15) is 19.5 Å². The fourth-order valence-corrected chi connectivity index (χ4v) is 6.35. The fourth-order valence-electron chi connectivity index (χ4n) is 6.35. The molecule has 1 heterocycles. The van der Waals surface area contributed by atoms with Gasteiger partial charge in [-0.2, -0.15) is 0 Å². The van der Waals surface area contributed by atoms with E-state index >= 15 is 0 Å². The van der Waals surface area contributed by atoms with Gasteiger partial charge in [-0.15, -0.1) is 0 Å². The monoisotopic (exact) mass is 822 g/mol. The van der Waals surface area contributed by atoms with Crippen LogP contribution in [0.1, 0.15) is 68.7 Å². The predicted octanol–water partition coefficient (Wildman–Crippen LogP) is 8.74. The van der Waals surface area contributed by atoms with Crippen molar-refractivity contribution in [3.8, 4) is 45.7 Å². The minimum atomic E-state index is -1.37. The van der Waals surface area contributed by atoms with Crippen LogP contribution >= 0.6 is 0 Å². The molecule has 0 aliphatic carbocycles. The molecule has 13 heteroatoms. The number of benzene rings is 3. The minimum absolute atomic E-state index is 0.000981. The van der Waals surface area contributed by atoms with Crippen LogP contribution in [0.2, 0.25) is 0 Å². The van der Waals surface area contributed by atoms with Crippen LogP contribution in [0, 0.1) is 33.6 Å². The third-order valence-electron chi connectivity index (χ3n) is 9.80. The number of nitrogens with zero attached hydrogens (tertiary/aromatic N) is 3. The second-order valence-electron chi connectivity index (χ2n) is 15.2. The Labute approximate surface area is 353 Å². The third kappa shape index (κ3) is 13.8. The number of alkyl carbamates (subject to hydrolysis) is 1. The van der Waals surface area contributed by atoms with Gasteiger partial charge in [-0.3, -0.25) is 0 Å². The number of phenols is 1. The second kappa shape index (κ2) is 22.3. The van der Waals surface area contributed by atoms with Gasteiger partial charge >= 0.3 is 18.0 Å². The molecule has 4 aromatic rings. The molecule has 0 saturated heterocycles. The molecule has 2 N–H and O–H groups in total. The van der Waals surface area contributed by atoms with E-state index in [-0.39, 0.29) is 43.8 Å². The number of carbonyl (C=O) groups excluding carboxylic acids is 3. The largest absolute Gasteiger partial charge is 0.507 e. The Morgan fingerprint density at radius 1 is 0.767 bits per heavy atom. The van der Waals surface area contributed by atoms with Crippen LogP contribution in [-0.4, -0.2) is 82.8 Å². The van der Waals surface area contributed by atoms with Gasteiger partial charge in [0.05, 0.1) is 12.2 Å². The van der Waals surface area contributed by atoms with Gasteiger partial charge in [0.15, 0.2) is 23.6 Å². The van der Waals surface area contributed by atoms with Crippen LogP contribution in [0.3, 0.4) is 0 Å². The Morgan fingerprint density at radius 2 is 1.30 bits per heavy atom. The zero-order valence-electron chi connectivity index (χ0n) is 35.8. The van der Waals surface area contributed by atoms with Crippen LogP contribution < -0.4 is 10.1 Å². The first-order valence-corrected chi connectivity index (χ1v) is 20.2. The van der Waals surface area contributed by atoms with Crippen molar-refractivity contribution in [1.82, 2.24) is 20.3 Å². The smallest absolute Gasteiger partial charge is 0.408 e. The number of unbranched alkanes of at least 4 members (excludes halogenated alkanes) is 1. The number of rotatable bonds is 22. The maximum atomic E-state index is 13.4. The summed E-state index contributed by atoms with van der Waals surface area (Å²) in [6.45, 7) is 20.2. The minimum Gasteiger partial charge on any atom is -0.507 e. The van der Waals surface area contributed by atoms with E-state index in [0.717, 1.165) is 71.2 Å². The zero-order valence-corrected chi connectivity index (χ0v) is 35.8. The lowest BCUT2D eigenvalue weighted by Crippen LogP contribution is -2.54. The standard InChI is InChI=1S/C47H58N4O9/c1-10-14-15-34(11-2)25-56-26-36(60-46(55)51-47(9,28-58-41(53)12-3)29-59-42(54)13-4)27-57-35-18-21-39(40(52)24-35)45-49-43(37-19-16-30(5)22-32(37)7)48-44(50-45)38-20-17-31(6)23-33(38)8/h12-13,16-24,34,36,52H,3-4,10-11,14-15,25-29H2,1-2,5-9H3,(H,51,55). The number of aromatic nitrogens is 3. The Morgan fingerprint density at radius 3 is 1.78 bits per heavy atom. The maximum absolute atomic E-state index is 13.4. The number of nitrogens with one attached hydrogen (secondary N) is 1. The van der Waals surface area contributed by atoms with E-state index in [0.29, 0.717) is 29.7 Å². The van der Waals surface area contributed by atoms with E-state index in [1.54, 1.807) is 12.1 Å². The average molecular weight is 823 g/mol. The summed E-state index contributed by atoms with van der Waals surface area (Å²) in [5.41, 5.74) is 4.92. The molecule has 0 bridgehead atoms. The molecule has 60 heavy (non-hydrogen) atoms. The Bertz CT molecular complexity index is 2040. The lowest BCUT2D eigenvalue weighted by molar-refractivity contribution is -0.144. The van der Waals surface area contributed by atoms with Gasteiger partial charge in [0.25, 0.3) is 0 Å². The van der Waals surface area contributed by atoms with Gasteiger partial charge in [-0.05, 0) is 70.2 Å². The van der Waals surface area contributed by atoms with Gasteiger partial charge in [0.2, 0.25) is 0 Å². The maximum Gasteiger partial charge on any atom is 0.408 e. The molecule has 1 aromatic heterocycles. The molecule has 1 amide bonds. The highest BCUT2D eigenvalue weighted by molar-refractivity contribution is 5.82. The van der Waals surface area contributed by atoms with Crippen LogP contribution in [0.4, 0.5) is 4.79 Å². The number of phenolic OH excluding ortho intramolecular Hbond substituents is 1. The Balaban J connectivity index is 1.59. The molecule has 2 atom stereocenters. The van der Waals surface area contributed by atoms with Gasteiger partial charge in [-0.25, -0.2) is 29.3 Å². The van der Waals surface area contributed by atoms with Crippen LogP contribution in [0.15, 0.2) is 79.9 Å². The number of ether oxygens (including phenoxy) is 5. The molecule has 0 saturated carbocycles. The molecule has 2 unspecified atom stereocenters. The summed E-state index contributed by atoms with van der Waals surface area (Å²) >= 11 is 0. The summed E-state index contributed by atoms with van der Waals surface area (Å²) in [7, 11) is 0. The van der Waals surface area contributed by atoms with E-state index in [1.165, 1.54) is 13.0 Å². The van der Waals surface area contributed by atoms with Gasteiger partial charge in [0.1, 0.15) is 36.9 Å². The zero-order chi connectivity index (χ0) is 43.8. The SMILES string of the molecule is C=CC(=O)OCC(C)(COC(=O)C=C)NC(=O)OC(COCC(CC)CCCC)COc1ccc(-c2nc(-c3ccc(C)cc3C)nc(-c3ccc(C)cc3C)n2)c(O)c1. The molecule has 0 radical (unpaired) electrons. The Hall–Kier alpha value is -6.08. The number of aryl methyl sites for hydroxylation is 4. The van der Waals surface area contributed by atoms with E-state index in [4.69, 9.17) is 38.6 Å². The van der Waals surface area contributed by atoms with Crippen molar-refractivity contribution < 1.29 is 43.2 Å².